The molecule has 2 aliphatic rings. The summed E-state index contributed by atoms with van der Waals surface area (Å²) < 4.78 is 20.1. The summed E-state index contributed by atoms with van der Waals surface area (Å²) in [7, 11) is 0. The fourth-order valence-corrected chi connectivity index (χ4v) is 3.90. The number of nitro groups is 1. The number of nitrogens with one attached hydrogen (secondary N) is 2. The molecule has 13 nitrogen and oxygen atoms in total. The molecule has 0 spiro atoms. The molecule has 3 heterocycles. The number of piperazine rings is 1. The molecule has 0 radical (unpaired) electrons. The first kappa shape index (κ1) is 22.9. The van der Waals surface area contributed by atoms with Crippen molar-refractivity contribution < 1.29 is 28.4 Å². The first-order chi connectivity index (χ1) is 16.2. The Kier molecular flexibility index (Phi) is 6.30. The van der Waals surface area contributed by atoms with Crippen LogP contribution in [-0.4, -0.2) is 83.3 Å². The molecule has 1 aromatic carbocycles. The van der Waals surface area contributed by atoms with Gasteiger partial charge >= 0.3 is 11.8 Å². The van der Waals surface area contributed by atoms with Gasteiger partial charge in [-0.25, -0.2) is 9.18 Å². The lowest BCUT2D eigenvalue weighted by molar-refractivity contribution is -0.385. The van der Waals surface area contributed by atoms with Crippen molar-refractivity contribution in [3.8, 4) is 0 Å². The molecule has 2 aliphatic heterocycles. The van der Waals surface area contributed by atoms with E-state index in [1.807, 2.05) is 0 Å². The van der Waals surface area contributed by atoms with Gasteiger partial charge in [0.05, 0.1) is 29.4 Å². The molecular weight excluding hydrogens is 453 g/mol. The van der Waals surface area contributed by atoms with E-state index in [0.717, 1.165) is 6.20 Å². The highest BCUT2D eigenvalue weighted by atomic mass is 19.1. The predicted octanol–water partition coefficient (Wildman–Crippen LogP) is 0.881. The quantitative estimate of drug-likeness (QED) is 0.461. The molecule has 2 aromatic rings. The Hall–Kier alpha value is -4.23. The van der Waals surface area contributed by atoms with Crippen molar-refractivity contribution in [3.63, 3.8) is 0 Å². The number of H-pyrrole nitrogens is 1. The van der Waals surface area contributed by atoms with Crippen molar-refractivity contribution in [2.24, 2.45) is 0 Å². The number of ether oxygens (including phenoxy) is 1. The van der Waals surface area contributed by atoms with Gasteiger partial charge in [0.1, 0.15) is 18.1 Å². The van der Waals surface area contributed by atoms with Crippen LogP contribution in [0.3, 0.4) is 0 Å². The second-order valence-electron chi connectivity index (χ2n) is 7.86. The van der Waals surface area contributed by atoms with Crippen LogP contribution in [0.4, 0.5) is 26.2 Å². The zero-order chi connectivity index (χ0) is 24.4. The largest absolute Gasteiger partial charge is 0.442 e. The van der Waals surface area contributed by atoms with Crippen LogP contribution >= 0.6 is 0 Å². The number of rotatable bonds is 6. The van der Waals surface area contributed by atoms with Crippen molar-refractivity contribution in [2.45, 2.75) is 13.0 Å². The lowest BCUT2D eigenvalue weighted by Crippen LogP contribution is -2.49. The number of amides is 3. The van der Waals surface area contributed by atoms with Gasteiger partial charge in [-0.05, 0) is 18.2 Å². The lowest BCUT2D eigenvalue weighted by atomic mass is 10.2. The molecule has 0 unspecified atom stereocenters. The number of benzene rings is 1. The van der Waals surface area contributed by atoms with Crippen molar-refractivity contribution >= 4 is 35.0 Å². The number of hydrogen-bond acceptors (Lipinski definition) is 8. The Morgan fingerprint density at radius 3 is 2.71 bits per heavy atom. The van der Waals surface area contributed by atoms with E-state index < -0.39 is 34.5 Å². The number of carbonyl (C=O) groups excluding carboxylic acids is 3. The fraction of sp³-hybridized carbons (Fsp3) is 0.400. The van der Waals surface area contributed by atoms with E-state index in [4.69, 9.17) is 4.74 Å². The van der Waals surface area contributed by atoms with Crippen LogP contribution in [0.15, 0.2) is 24.4 Å². The van der Waals surface area contributed by atoms with Crippen LogP contribution in [0.2, 0.25) is 0 Å². The summed E-state index contributed by atoms with van der Waals surface area (Å²) in [5.74, 6) is -1.32. The number of aromatic amines is 1. The zero-order valence-electron chi connectivity index (χ0n) is 18.2. The summed E-state index contributed by atoms with van der Waals surface area (Å²) in [6.45, 7) is 2.81. The Balaban J connectivity index is 1.38. The molecule has 2 saturated heterocycles. The lowest BCUT2D eigenvalue weighted by Gasteiger charge is -2.36. The topological polar surface area (TPSA) is 154 Å². The Bertz CT molecular complexity index is 1130. The van der Waals surface area contributed by atoms with Gasteiger partial charge in [-0.3, -0.25) is 29.7 Å². The highest BCUT2D eigenvalue weighted by molar-refractivity contribution is 5.96. The Labute approximate surface area is 192 Å². The van der Waals surface area contributed by atoms with Crippen LogP contribution in [0, 0.1) is 15.9 Å². The molecule has 1 aromatic heterocycles. The van der Waals surface area contributed by atoms with Gasteiger partial charge in [-0.2, -0.15) is 5.10 Å². The number of anilines is 2. The highest BCUT2D eigenvalue weighted by Gasteiger charge is 2.33. The molecule has 180 valence electrons. The van der Waals surface area contributed by atoms with Crippen LogP contribution < -0.4 is 15.1 Å². The molecule has 0 saturated carbocycles. The average Bonchev–Trinajstić information content (AvgIpc) is 3.44. The van der Waals surface area contributed by atoms with Crippen molar-refractivity contribution in [1.29, 1.82) is 0 Å². The van der Waals surface area contributed by atoms with Crippen LogP contribution in [0.1, 0.15) is 17.4 Å². The third kappa shape index (κ3) is 4.60. The molecule has 2 fully saturated rings. The van der Waals surface area contributed by atoms with E-state index in [2.05, 4.69) is 15.5 Å². The zero-order valence-corrected chi connectivity index (χ0v) is 18.2. The van der Waals surface area contributed by atoms with E-state index in [0.29, 0.717) is 24.5 Å². The Morgan fingerprint density at radius 2 is 2.06 bits per heavy atom. The second-order valence-corrected chi connectivity index (χ2v) is 7.86. The fourth-order valence-electron chi connectivity index (χ4n) is 3.90. The van der Waals surface area contributed by atoms with Crippen LogP contribution in [0.5, 0.6) is 0 Å². The average molecular weight is 475 g/mol. The van der Waals surface area contributed by atoms with Crippen molar-refractivity contribution in [2.75, 3.05) is 49.1 Å². The van der Waals surface area contributed by atoms with E-state index in [9.17, 15) is 28.9 Å². The molecule has 1 atom stereocenters. The third-order valence-electron chi connectivity index (χ3n) is 5.63. The van der Waals surface area contributed by atoms with E-state index in [1.165, 1.54) is 22.8 Å². The number of hydrogen-bond donors (Lipinski definition) is 2. The van der Waals surface area contributed by atoms with Gasteiger partial charge in [-0.1, -0.05) is 0 Å². The third-order valence-corrected chi connectivity index (χ3v) is 5.63. The summed E-state index contributed by atoms with van der Waals surface area (Å²) in [5, 5.41) is 19.6. The normalized spacial score (nSPS) is 18.1. The minimum absolute atomic E-state index is 0.169. The van der Waals surface area contributed by atoms with E-state index >= 15 is 0 Å². The summed E-state index contributed by atoms with van der Waals surface area (Å²) >= 11 is 0. The number of cyclic esters (lactones) is 1. The molecule has 34 heavy (non-hydrogen) atoms. The SMILES string of the molecule is CC(=O)NC[C@H]1CN(c2ccc(N3CCN(C(=O)c4[nH]ncc4[N+](=O)[O-])CC3)c(F)c2)C(=O)O1. The van der Waals surface area contributed by atoms with E-state index in [1.54, 1.807) is 17.0 Å². The first-order valence-corrected chi connectivity index (χ1v) is 10.5. The van der Waals surface area contributed by atoms with Gasteiger partial charge in [0, 0.05) is 33.1 Å². The summed E-state index contributed by atoms with van der Waals surface area (Å²) in [6.07, 6.45) is -0.170. The molecule has 0 bridgehead atoms. The van der Waals surface area contributed by atoms with E-state index in [-0.39, 0.29) is 37.8 Å². The van der Waals surface area contributed by atoms with Crippen molar-refractivity contribution in [1.82, 2.24) is 20.4 Å². The van der Waals surface area contributed by atoms with Crippen LogP contribution in [-0.2, 0) is 9.53 Å². The number of aromatic nitrogens is 2. The standard InChI is InChI=1S/C20H22FN7O6/c1-12(29)22-9-14-11-27(20(31)34-14)13-2-3-16(15(21)8-13)25-4-6-26(7-5-25)19(30)18-17(28(32)33)10-23-24-18/h2-3,8,10,14H,4-7,9,11H2,1H3,(H,22,29)(H,23,24)/t14-/m0/s1. The number of carbonyl (C=O) groups is 3. The highest BCUT2D eigenvalue weighted by Crippen LogP contribution is 2.29. The first-order valence-electron chi connectivity index (χ1n) is 10.5. The maximum atomic E-state index is 14.9. The smallest absolute Gasteiger partial charge is 0.414 e. The molecule has 3 amide bonds. The summed E-state index contributed by atoms with van der Waals surface area (Å²) in [5.41, 5.74) is 0.0554. The monoisotopic (exact) mass is 475 g/mol. The van der Waals surface area contributed by atoms with Gasteiger partial charge in [-0.15, -0.1) is 0 Å². The van der Waals surface area contributed by atoms with Crippen LogP contribution in [0.25, 0.3) is 0 Å². The summed E-state index contributed by atoms with van der Waals surface area (Å²) in [6, 6.07) is 4.39. The second kappa shape index (κ2) is 9.33. The van der Waals surface area contributed by atoms with Gasteiger partial charge in [0.25, 0.3) is 5.91 Å². The minimum atomic E-state index is -0.678. The molecule has 0 aliphatic carbocycles. The number of nitrogens with zero attached hydrogens (tertiary/aromatic N) is 5. The van der Waals surface area contributed by atoms with Gasteiger partial charge < -0.3 is 19.9 Å². The van der Waals surface area contributed by atoms with Gasteiger partial charge in [0.15, 0.2) is 0 Å². The maximum Gasteiger partial charge on any atom is 0.414 e. The minimum Gasteiger partial charge on any atom is -0.442 e. The molecule has 4 rings (SSSR count). The predicted molar refractivity (Wildman–Crippen MR) is 116 cm³/mol. The van der Waals surface area contributed by atoms with Crippen molar-refractivity contribution in [3.05, 3.63) is 46.0 Å². The molecule has 14 heteroatoms. The Morgan fingerprint density at radius 1 is 1.32 bits per heavy atom. The van der Waals surface area contributed by atoms with Gasteiger partial charge in [0.2, 0.25) is 11.6 Å². The number of halogens is 1. The molecule has 2 N–H and O–H groups in total. The summed E-state index contributed by atoms with van der Waals surface area (Å²) in [4.78, 5) is 50.7. The molecular formula is C20H22FN7O6. The maximum absolute atomic E-state index is 14.9.